The lowest BCUT2D eigenvalue weighted by Crippen LogP contribution is -2.30. The molecule has 0 aliphatic carbocycles. The van der Waals surface area contributed by atoms with Crippen molar-refractivity contribution in [3.8, 4) is 0 Å². The summed E-state index contributed by atoms with van der Waals surface area (Å²) >= 11 is 0. The first-order valence-electron chi connectivity index (χ1n) is 10.4. The first kappa shape index (κ1) is 19.4. The van der Waals surface area contributed by atoms with E-state index in [2.05, 4.69) is 0 Å². The van der Waals surface area contributed by atoms with E-state index in [0.717, 1.165) is 43.6 Å². The zero-order valence-corrected chi connectivity index (χ0v) is 17.1. The van der Waals surface area contributed by atoms with Crippen LogP contribution in [0.3, 0.4) is 0 Å². The number of rotatable bonds is 3. The third-order valence-corrected chi connectivity index (χ3v) is 6.00. The fraction of sp³-hybridized carbons (Fsp3) is 0.375. The lowest BCUT2D eigenvalue weighted by molar-refractivity contribution is 0.0743. The molecule has 5 heteroatoms. The summed E-state index contributed by atoms with van der Waals surface area (Å²) in [5.74, 6) is 0.773. The molecule has 2 aromatic carbocycles. The molecular weight excluding hydrogens is 362 g/mol. The number of aromatic nitrogens is 2. The molecule has 0 N–H and O–H groups in total. The molecule has 0 radical (unpaired) electrons. The summed E-state index contributed by atoms with van der Waals surface area (Å²) in [6.45, 7) is 2.75. The van der Waals surface area contributed by atoms with E-state index in [1.807, 2.05) is 48.9 Å². The second kappa shape index (κ2) is 8.19. The van der Waals surface area contributed by atoms with Crippen LogP contribution in [0, 0.1) is 0 Å². The molecule has 1 atom stereocenters. The van der Waals surface area contributed by atoms with E-state index in [4.69, 9.17) is 4.98 Å². The molecule has 0 spiro atoms. The van der Waals surface area contributed by atoms with Gasteiger partial charge in [0, 0.05) is 25.6 Å². The molecule has 0 saturated heterocycles. The highest BCUT2D eigenvalue weighted by molar-refractivity contribution is 5.97. The van der Waals surface area contributed by atoms with Crippen LogP contribution >= 0.6 is 0 Å². The summed E-state index contributed by atoms with van der Waals surface area (Å²) in [7, 11) is 1.81. The second-order valence-corrected chi connectivity index (χ2v) is 7.88. The Morgan fingerprint density at radius 3 is 2.62 bits per heavy atom. The predicted octanol–water partition coefficient (Wildman–Crippen LogP) is 4.35. The standard InChI is InChI=1S/C24H27N3O2/c1-17(18-10-6-5-7-11-18)26(2)23(28)19-13-14-20-21(16-19)25-22-12-8-3-4-9-15-27(22)24(20)29/h5-7,10-11,13-14,16-17H,3-4,8-9,12,15H2,1-2H3/t17-/m0/s1. The van der Waals surface area contributed by atoms with Gasteiger partial charge in [-0.15, -0.1) is 0 Å². The summed E-state index contributed by atoms with van der Waals surface area (Å²) in [6.07, 6.45) is 5.21. The zero-order chi connectivity index (χ0) is 20.4. The van der Waals surface area contributed by atoms with Gasteiger partial charge in [0.1, 0.15) is 5.82 Å². The number of nitrogens with zero attached hydrogens (tertiary/aromatic N) is 3. The Balaban J connectivity index is 1.68. The molecule has 1 aliphatic rings. The van der Waals surface area contributed by atoms with Gasteiger partial charge in [-0.2, -0.15) is 0 Å². The minimum Gasteiger partial charge on any atom is -0.335 e. The van der Waals surface area contributed by atoms with Crippen molar-refractivity contribution >= 4 is 16.8 Å². The van der Waals surface area contributed by atoms with Crippen LogP contribution in [0.25, 0.3) is 10.9 Å². The number of benzene rings is 2. The van der Waals surface area contributed by atoms with Crippen molar-refractivity contribution < 1.29 is 4.79 Å². The van der Waals surface area contributed by atoms with Gasteiger partial charge in [-0.3, -0.25) is 14.2 Å². The van der Waals surface area contributed by atoms with Crippen molar-refractivity contribution in [3.05, 3.63) is 75.8 Å². The molecule has 3 aromatic rings. The predicted molar refractivity (Wildman–Crippen MR) is 115 cm³/mol. The first-order valence-corrected chi connectivity index (χ1v) is 10.4. The normalized spacial score (nSPS) is 15.2. The number of hydrogen-bond acceptors (Lipinski definition) is 3. The van der Waals surface area contributed by atoms with Gasteiger partial charge in [-0.05, 0) is 43.5 Å². The highest BCUT2D eigenvalue weighted by atomic mass is 16.2. The summed E-state index contributed by atoms with van der Waals surface area (Å²) < 4.78 is 1.83. The first-order chi connectivity index (χ1) is 14.1. The molecule has 0 bridgehead atoms. The smallest absolute Gasteiger partial charge is 0.261 e. The van der Waals surface area contributed by atoms with Gasteiger partial charge >= 0.3 is 0 Å². The van der Waals surface area contributed by atoms with Crippen LogP contribution < -0.4 is 5.56 Å². The quantitative estimate of drug-likeness (QED) is 0.669. The third-order valence-electron chi connectivity index (χ3n) is 6.00. The molecule has 1 aromatic heterocycles. The van der Waals surface area contributed by atoms with Gasteiger partial charge in [-0.25, -0.2) is 4.98 Å². The number of aryl methyl sites for hydroxylation is 1. The van der Waals surface area contributed by atoms with Crippen molar-refractivity contribution in [2.45, 2.75) is 51.6 Å². The van der Waals surface area contributed by atoms with Crippen molar-refractivity contribution in [2.75, 3.05) is 7.05 Å². The maximum atomic E-state index is 13.1. The van der Waals surface area contributed by atoms with E-state index in [9.17, 15) is 9.59 Å². The van der Waals surface area contributed by atoms with E-state index in [1.54, 1.807) is 23.1 Å². The minimum absolute atomic E-state index is 0.0110. The topological polar surface area (TPSA) is 55.2 Å². The van der Waals surface area contributed by atoms with Crippen LogP contribution in [0.2, 0.25) is 0 Å². The number of fused-ring (bicyclic) bond motifs is 2. The zero-order valence-electron chi connectivity index (χ0n) is 17.1. The highest BCUT2D eigenvalue weighted by Crippen LogP contribution is 2.22. The monoisotopic (exact) mass is 389 g/mol. The number of amides is 1. The molecule has 4 rings (SSSR count). The third kappa shape index (κ3) is 3.82. The van der Waals surface area contributed by atoms with Gasteiger partial charge in [0.2, 0.25) is 0 Å². The van der Waals surface area contributed by atoms with Gasteiger partial charge in [0.25, 0.3) is 11.5 Å². The van der Waals surface area contributed by atoms with Crippen LogP contribution in [0.4, 0.5) is 0 Å². The average Bonchev–Trinajstić information content (AvgIpc) is 2.74. The average molecular weight is 389 g/mol. The summed E-state index contributed by atoms with van der Waals surface area (Å²) in [6, 6.07) is 15.2. The Kier molecular flexibility index (Phi) is 5.47. The molecule has 0 fully saturated rings. The lowest BCUT2D eigenvalue weighted by atomic mass is 10.1. The molecule has 29 heavy (non-hydrogen) atoms. The fourth-order valence-corrected chi connectivity index (χ4v) is 4.06. The number of carbonyl (C=O) groups is 1. The van der Waals surface area contributed by atoms with E-state index in [1.165, 1.54) is 6.42 Å². The van der Waals surface area contributed by atoms with Crippen molar-refractivity contribution in [2.24, 2.45) is 0 Å². The Morgan fingerprint density at radius 1 is 1.07 bits per heavy atom. The van der Waals surface area contributed by atoms with Gasteiger partial charge in [0.15, 0.2) is 0 Å². The largest absolute Gasteiger partial charge is 0.335 e. The Labute approximate surface area is 171 Å². The molecule has 0 unspecified atom stereocenters. The Bertz CT molecular complexity index is 1090. The van der Waals surface area contributed by atoms with Gasteiger partial charge < -0.3 is 4.90 Å². The lowest BCUT2D eigenvalue weighted by Gasteiger charge is -2.25. The molecule has 1 aliphatic heterocycles. The molecule has 5 nitrogen and oxygen atoms in total. The maximum absolute atomic E-state index is 13.1. The molecule has 150 valence electrons. The fourth-order valence-electron chi connectivity index (χ4n) is 4.06. The van der Waals surface area contributed by atoms with Crippen molar-refractivity contribution in [1.29, 1.82) is 0 Å². The SMILES string of the molecule is C[C@@H](c1ccccc1)N(C)C(=O)c1ccc2c(=O)n3c(nc2c1)CCCCCC3. The van der Waals surface area contributed by atoms with E-state index < -0.39 is 0 Å². The summed E-state index contributed by atoms with van der Waals surface area (Å²) in [5, 5.41) is 0.588. The summed E-state index contributed by atoms with van der Waals surface area (Å²) in [4.78, 5) is 32.6. The van der Waals surface area contributed by atoms with E-state index >= 15 is 0 Å². The Hall–Kier alpha value is -2.95. The van der Waals surface area contributed by atoms with Gasteiger partial charge in [0.05, 0.1) is 16.9 Å². The second-order valence-electron chi connectivity index (χ2n) is 7.88. The van der Waals surface area contributed by atoms with Crippen LogP contribution in [0.1, 0.15) is 60.4 Å². The van der Waals surface area contributed by atoms with Crippen LogP contribution in [-0.2, 0) is 13.0 Å². The van der Waals surface area contributed by atoms with Crippen molar-refractivity contribution in [3.63, 3.8) is 0 Å². The number of hydrogen-bond donors (Lipinski definition) is 0. The van der Waals surface area contributed by atoms with Crippen LogP contribution in [-0.4, -0.2) is 27.4 Å². The van der Waals surface area contributed by atoms with Crippen molar-refractivity contribution in [1.82, 2.24) is 14.5 Å². The molecular formula is C24H27N3O2. The maximum Gasteiger partial charge on any atom is 0.261 e. The highest BCUT2D eigenvalue weighted by Gasteiger charge is 2.20. The minimum atomic E-state index is -0.0723. The number of carbonyl (C=O) groups excluding carboxylic acids is 1. The summed E-state index contributed by atoms with van der Waals surface area (Å²) in [5.41, 5.74) is 2.28. The molecule has 1 amide bonds. The molecule has 0 saturated carbocycles. The van der Waals surface area contributed by atoms with Crippen LogP contribution in [0.15, 0.2) is 53.3 Å². The van der Waals surface area contributed by atoms with Crippen LogP contribution in [0.5, 0.6) is 0 Å². The molecule has 2 heterocycles. The Morgan fingerprint density at radius 2 is 1.83 bits per heavy atom. The van der Waals surface area contributed by atoms with E-state index in [-0.39, 0.29) is 17.5 Å². The van der Waals surface area contributed by atoms with E-state index in [0.29, 0.717) is 16.5 Å². The van der Waals surface area contributed by atoms with Gasteiger partial charge in [-0.1, -0.05) is 43.2 Å².